The quantitative estimate of drug-likeness (QED) is 0.831. The van der Waals surface area contributed by atoms with E-state index in [1.54, 1.807) is 30.1 Å². The lowest BCUT2D eigenvalue weighted by Crippen LogP contribution is -2.48. The Bertz CT molecular complexity index is 898. The minimum absolute atomic E-state index is 0.101. The Hall–Kier alpha value is -1.64. The topological polar surface area (TPSA) is 78.5 Å². The van der Waals surface area contributed by atoms with Gasteiger partial charge in [-0.3, -0.25) is 0 Å². The van der Waals surface area contributed by atoms with E-state index in [-0.39, 0.29) is 12.1 Å². The second-order valence-corrected chi connectivity index (χ2v) is 10.2. The number of nitrogens with one attached hydrogen (secondary N) is 2. The molecule has 2 aromatic rings. The van der Waals surface area contributed by atoms with Crippen molar-refractivity contribution in [2.24, 2.45) is 0 Å². The molecule has 0 atom stereocenters. The number of sulfonamides is 1. The average molecular weight is 396 g/mol. The molecule has 0 radical (unpaired) electrons. The number of hydrogen-bond acceptors (Lipinski definition) is 4. The number of rotatable bonds is 4. The van der Waals surface area contributed by atoms with Gasteiger partial charge in [-0.1, -0.05) is 6.07 Å². The van der Waals surface area contributed by atoms with Crippen molar-refractivity contribution in [3.05, 3.63) is 29.1 Å². The summed E-state index contributed by atoms with van der Waals surface area (Å²) in [7, 11) is -3.27. The van der Waals surface area contributed by atoms with E-state index in [9.17, 15) is 13.2 Å². The Morgan fingerprint density at radius 1 is 1.23 bits per heavy atom. The summed E-state index contributed by atoms with van der Waals surface area (Å²) >= 11 is 1.67. The first-order valence-electron chi connectivity index (χ1n) is 8.82. The number of urea groups is 1. The summed E-state index contributed by atoms with van der Waals surface area (Å²) in [5.74, 6) is 0. The smallest absolute Gasteiger partial charge is 0.321 e. The average Bonchev–Trinajstić information content (AvgIpc) is 3.07. The Kier molecular flexibility index (Phi) is 5.55. The van der Waals surface area contributed by atoms with Crippen LogP contribution in [-0.4, -0.2) is 43.7 Å². The number of thiophene rings is 1. The SMILES string of the molecule is Cc1c(NC(=O)N2CCC(NS(=O)(=O)C(C)C)CC2)ccc2ccsc12. The summed E-state index contributed by atoms with van der Waals surface area (Å²) in [6.07, 6.45) is 1.25. The van der Waals surface area contributed by atoms with Crippen LogP contribution in [0.2, 0.25) is 0 Å². The number of amides is 2. The van der Waals surface area contributed by atoms with Crippen LogP contribution in [0.15, 0.2) is 23.6 Å². The molecule has 26 heavy (non-hydrogen) atoms. The molecular weight excluding hydrogens is 370 g/mol. The standard InChI is InChI=1S/C18H25N3O3S2/c1-12(2)26(23,24)20-15-6-9-21(10-7-15)18(22)19-16-5-4-14-8-11-25-17(14)13(16)3/h4-5,8,11-12,15,20H,6-7,9-10H2,1-3H3,(H,19,22). The van der Waals surface area contributed by atoms with E-state index in [1.165, 1.54) is 10.1 Å². The van der Waals surface area contributed by atoms with Crippen LogP contribution in [0.3, 0.4) is 0 Å². The first kappa shape index (κ1) is 19.1. The summed E-state index contributed by atoms with van der Waals surface area (Å²) < 4.78 is 27.9. The van der Waals surface area contributed by atoms with E-state index in [0.717, 1.165) is 11.3 Å². The van der Waals surface area contributed by atoms with Crippen molar-refractivity contribution < 1.29 is 13.2 Å². The van der Waals surface area contributed by atoms with Gasteiger partial charge in [-0.05, 0) is 62.1 Å². The fraction of sp³-hybridized carbons (Fsp3) is 0.500. The van der Waals surface area contributed by atoms with E-state index in [1.807, 2.05) is 24.4 Å². The van der Waals surface area contributed by atoms with Crippen LogP contribution in [0.25, 0.3) is 10.1 Å². The van der Waals surface area contributed by atoms with Gasteiger partial charge in [0.25, 0.3) is 0 Å². The van der Waals surface area contributed by atoms with Gasteiger partial charge in [0, 0.05) is 29.5 Å². The summed E-state index contributed by atoms with van der Waals surface area (Å²) in [4.78, 5) is 14.3. The van der Waals surface area contributed by atoms with Crippen LogP contribution < -0.4 is 10.0 Å². The third-order valence-corrected chi connectivity index (χ3v) is 7.80. The maximum absolute atomic E-state index is 12.6. The van der Waals surface area contributed by atoms with Gasteiger partial charge in [-0.15, -0.1) is 11.3 Å². The number of likely N-dealkylation sites (tertiary alicyclic amines) is 1. The molecule has 1 aromatic carbocycles. The highest BCUT2D eigenvalue weighted by atomic mass is 32.2. The van der Waals surface area contributed by atoms with Crippen molar-refractivity contribution in [2.45, 2.75) is 44.9 Å². The lowest BCUT2D eigenvalue weighted by atomic mass is 10.1. The maximum Gasteiger partial charge on any atom is 0.321 e. The number of anilines is 1. The van der Waals surface area contributed by atoms with Crippen molar-refractivity contribution >= 4 is 43.2 Å². The lowest BCUT2D eigenvalue weighted by Gasteiger charge is -2.32. The molecule has 2 N–H and O–H groups in total. The fourth-order valence-corrected chi connectivity index (χ4v) is 4.96. The van der Waals surface area contributed by atoms with Gasteiger partial charge in [0.1, 0.15) is 0 Å². The van der Waals surface area contributed by atoms with E-state index >= 15 is 0 Å². The minimum Gasteiger partial charge on any atom is -0.324 e. The fourth-order valence-electron chi connectivity index (χ4n) is 3.07. The largest absolute Gasteiger partial charge is 0.324 e. The van der Waals surface area contributed by atoms with E-state index in [0.29, 0.717) is 25.9 Å². The number of carbonyl (C=O) groups excluding carboxylic acids is 1. The molecule has 8 heteroatoms. The first-order chi connectivity index (χ1) is 12.3. The molecule has 6 nitrogen and oxygen atoms in total. The molecule has 1 aromatic heterocycles. The highest BCUT2D eigenvalue weighted by molar-refractivity contribution is 7.90. The van der Waals surface area contributed by atoms with Crippen molar-refractivity contribution in [1.29, 1.82) is 0 Å². The van der Waals surface area contributed by atoms with E-state index < -0.39 is 15.3 Å². The normalized spacial score (nSPS) is 16.4. The molecule has 0 spiro atoms. The minimum atomic E-state index is -3.27. The number of nitrogens with zero attached hydrogens (tertiary/aromatic N) is 1. The molecule has 0 unspecified atom stereocenters. The molecule has 1 aliphatic rings. The van der Waals surface area contributed by atoms with Crippen LogP contribution in [0.1, 0.15) is 32.3 Å². The number of hydrogen-bond donors (Lipinski definition) is 2. The molecule has 0 bridgehead atoms. The second kappa shape index (κ2) is 7.54. The van der Waals surface area contributed by atoms with Gasteiger partial charge in [0.15, 0.2) is 0 Å². The third-order valence-electron chi connectivity index (χ3n) is 4.85. The van der Waals surface area contributed by atoms with E-state index in [2.05, 4.69) is 16.1 Å². The van der Waals surface area contributed by atoms with Gasteiger partial charge < -0.3 is 10.2 Å². The summed E-state index contributed by atoms with van der Waals surface area (Å²) in [5, 5.41) is 5.78. The summed E-state index contributed by atoms with van der Waals surface area (Å²) in [6, 6.07) is 5.79. The molecule has 2 amide bonds. The zero-order chi connectivity index (χ0) is 18.9. The summed E-state index contributed by atoms with van der Waals surface area (Å²) in [5.41, 5.74) is 1.90. The zero-order valence-electron chi connectivity index (χ0n) is 15.3. The lowest BCUT2D eigenvalue weighted by molar-refractivity contribution is 0.193. The van der Waals surface area contributed by atoms with Crippen LogP contribution in [-0.2, 0) is 10.0 Å². The third kappa shape index (κ3) is 4.02. The Labute approximate surface area is 158 Å². The van der Waals surface area contributed by atoms with Crippen LogP contribution in [0.5, 0.6) is 0 Å². The number of carbonyl (C=O) groups is 1. The Morgan fingerprint density at radius 3 is 2.58 bits per heavy atom. The Balaban J connectivity index is 1.59. The number of benzene rings is 1. The van der Waals surface area contributed by atoms with Crippen LogP contribution in [0, 0.1) is 6.92 Å². The van der Waals surface area contributed by atoms with Crippen molar-refractivity contribution in [1.82, 2.24) is 9.62 Å². The highest BCUT2D eigenvalue weighted by Gasteiger charge is 2.27. The van der Waals surface area contributed by atoms with Gasteiger partial charge in [0.2, 0.25) is 10.0 Å². The predicted octanol–water partition coefficient (Wildman–Crippen LogP) is 3.53. The molecule has 142 valence electrons. The number of piperidine rings is 1. The maximum atomic E-state index is 12.6. The molecule has 1 aliphatic heterocycles. The van der Waals surface area contributed by atoms with Crippen molar-refractivity contribution in [3.8, 4) is 0 Å². The number of aryl methyl sites for hydroxylation is 1. The van der Waals surface area contributed by atoms with Gasteiger partial charge in [-0.25, -0.2) is 17.9 Å². The van der Waals surface area contributed by atoms with Crippen LogP contribution >= 0.6 is 11.3 Å². The molecule has 0 aliphatic carbocycles. The predicted molar refractivity (Wildman–Crippen MR) is 107 cm³/mol. The van der Waals surface area contributed by atoms with Crippen molar-refractivity contribution in [3.63, 3.8) is 0 Å². The zero-order valence-corrected chi connectivity index (χ0v) is 16.9. The summed E-state index contributed by atoms with van der Waals surface area (Å²) in [6.45, 7) is 6.42. The Morgan fingerprint density at radius 2 is 1.92 bits per heavy atom. The van der Waals surface area contributed by atoms with E-state index in [4.69, 9.17) is 0 Å². The second-order valence-electron chi connectivity index (χ2n) is 6.98. The first-order valence-corrected chi connectivity index (χ1v) is 11.2. The van der Waals surface area contributed by atoms with Crippen molar-refractivity contribution in [2.75, 3.05) is 18.4 Å². The monoisotopic (exact) mass is 395 g/mol. The molecule has 2 heterocycles. The number of fused-ring (bicyclic) bond motifs is 1. The van der Waals surface area contributed by atoms with Crippen LogP contribution in [0.4, 0.5) is 10.5 Å². The molecule has 1 fully saturated rings. The molecule has 3 rings (SSSR count). The van der Waals surface area contributed by atoms with Gasteiger partial charge in [0.05, 0.1) is 5.25 Å². The van der Waals surface area contributed by atoms with Gasteiger partial charge >= 0.3 is 6.03 Å². The molecule has 0 saturated carbocycles. The van der Waals surface area contributed by atoms with Gasteiger partial charge in [-0.2, -0.15) is 0 Å². The molecule has 1 saturated heterocycles. The highest BCUT2D eigenvalue weighted by Crippen LogP contribution is 2.30. The molecular formula is C18H25N3O3S2.